The Bertz CT molecular complexity index is 1080. The number of hydrogen-bond acceptors (Lipinski definition) is 1. The van der Waals surface area contributed by atoms with Crippen LogP contribution in [0.15, 0.2) is 55.1 Å². The molecule has 0 saturated heterocycles. The maximum Gasteiger partial charge on any atom is 0.280 e. The predicted octanol–water partition coefficient (Wildman–Crippen LogP) is 5.10. The lowest BCUT2D eigenvalue weighted by Gasteiger charge is -2.02. The number of imidazole rings is 2. The topological polar surface area (TPSA) is 26.6 Å². The van der Waals surface area contributed by atoms with Crippen LogP contribution in [0.3, 0.4) is 0 Å². The molecule has 0 N–H and O–H groups in total. The van der Waals surface area contributed by atoms with E-state index >= 15 is 0 Å². The van der Waals surface area contributed by atoms with E-state index in [2.05, 4.69) is 35.3 Å². The van der Waals surface area contributed by atoms with Crippen LogP contribution < -0.4 is 4.57 Å². The average Bonchev–Trinajstić information content (AvgIpc) is 3.09. The van der Waals surface area contributed by atoms with E-state index in [-0.39, 0.29) is 10.3 Å². The molecule has 2 aromatic carbocycles. The fourth-order valence-electron chi connectivity index (χ4n) is 2.69. The van der Waals surface area contributed by atoms with Gasteiger partial charge in [-0.3, -0.25) is 0 Å². The Labute approximate surface area is 163 Å². The van der Waals surface area contributed by atoms with Crippen molar-refractivity contribution >= 4 is 57.2 Å². The molecule has 0 aliphatic carbocycles. The first-order valence-electron chi connectivity index (χ1n) is 7.37. The van der Waals surface area contributed by atoms with Crippen LogP contribution in [0.4, 0.5) is 0 Å². The number of hydrogen-bond donors (Lipinski definition) is 0. The number of aromatic nitrogens is 4. The highest BCUT2D eigenvalue weighted by Crippen LogP contribution is 2.25. The smallest absolute Gasteiger partial charge is 0.219 e. The van der Waals surface area contributed by atoms with Gasteiger partial charge in [-0.2, -0.15) is 4.68 Å². The Morgan fingerprint density at radius 2 is 1.64 bits per heavy atom. The lowest BCUT2D eigenvalue weighted by atomic mass is 10.1. The highest BCUT2D eigenvalue weighted by atomic mass is 35.5. The van der Waals surface area contributed by atoms with Gasteiger partial charge in [0.05, 0.1) is 0 Å². The molecule has 126 valence electrons. The van der Waals surface area contributed by atoms with Gasteiger partial charge in [-0.25, -0.2) is 9.55 Å². The van der Waals surface area contributed by atoms with E-state index in [1.807, 2.05) is 16.7 Å². The molecule has 0 bridgehead atoms. The van der Waals surface area contributed by atoms with Gasteiger partial charge in [-0.1, -0.05) is 59.6 Å². The summed E-state index contributed by atoms with van der Waals surface area (Å²) in [5.74, 6) is 0. The summed E-state index contributed by atoms with van der Waals surface area (Å²) in [6.45, 7) is 0.566. The summed E-state index contributed by atoms with van der Waals surface area (Å²) < 4.78 is 4.94. The maximum atomic E-state index is 6.39. The zero-order chi connectivity index (χ0) is 17.6. The van der Waals surface area contributed by atoms with Gasteiger partial charge >= 0.3 is 0 Å². The summed E-state index contributed by atoms with van der Waals surface area (Å²) in [6, 6.07) is 14.5. The molecule has 0 aliphatic rings. The zero-order valence-corrected chi connectivity index (χ0v) is 15.7. The molecule has 8 heteroatoms. The van der Waals surface area contributed by atoms with Crippen molar-refractivity contribution in [2.75, 3.05) is 0 Å². The fraction of sp³-hybridized carbons (Fsp3) is 0.0588. The Hall–Kier alpha value is -1.72. The van der Waals surface area contributed by atoms with Crippen molar-refractivity contribution in [2.45, 2.75) is 6.54 Å². The van der Waals surface area contributed by atoms with Crippen molar-refractivity contribution < 1.29 is 4.57 Å². The monoisotopic (exact) mass is 411 g/mol. The van der Waals surface area contributed by atoms with Gasteiger partial charge < -0.3 is 0 Å². The lowest BCUT2D eigenvalue weighted by molar-refractivity contribution is -0.685. The number of benzene rings is 2. The van der Waals surface area contributed by atoms with Crippen molar-refractivity contribution in [3.05, 3.63) is 81.3 Å². The number of nitrogens with zero attached hydrogens (tertiary/aromatic N) is 4. The lowest BCUT2D eigenvalue weighted by Crippen LogP contribution is -2.33. The van der Waals surface area contributed by atoms with E-state index in [9.17, 15) is 0 Å². The molecule has 2 aromatic heterocycles. The van der Waals surface area contributed by atoms with Crippen LogP contribution in [-0.2, 0) is 6.54 Å². The molecule has 0 aliphatic heterocycles. The average molecular weight is 413 g/mol. The Morgan fingerprint density at radius 3 is 2.36 bits per heavy atom. The minimum absolute atomic E-state index is 0.198. The zero-order valence-electron chi connectivity index (χ0n) is 12.7. The fourth-order valence-corrected chi connectivity index (χ4v) is 3.42. The van der Waals surface area contributed by atoms with Crippen LogP contribution in [0.5, 0.6) is 0 Å². The van der Waals surface area contributed by atoms with E-state index in [1.165, 1.54) is 21.8 Å². The van der Waals surface area contributed by atoms with E-state index in [0.717, 1.165) is 5.56 Å². The molecule has 0 radical (unpaired) electrons. The van der Waals surface area contributed by atoms with Crippen LogP contribution in [0, 0.1) is 0 Å². The third-order valence-corrected chi connectivity index (χ3v) is 5.49. The molecule has 0 fully saturated rings. The largest absolute Gasteiger partial charge is 0.280 e. The molecule has 4 aromatic rings. The minimum Gasteiger partial charge on any atom is -0.219 e. The molecular weight excluding hydrogens is 402 g/mol. The van der Waals surface area contributed by atoms with E-state index in [1.54, 1.807) is 11.0 Å². The number of rotatable bonds is 3. The Morgan fingerprint density at radius 1 is 0.880 bits per heavy atom. The Kier molecular flexibility index (Phi) is 4.38. The second-order valence-electron chi connectivity index (χ2n) is 5.52. The summed E-state index contributed by atoms with van der Waals surface area (Å²) in [5, 5.41) is 3.54. The quantitative estimate of drug-likeness (QED) is 0.430. The summed E-state index contributed by atoms with van der Waals surface area (Å²) >= 11 is 24.8. The van der Waals surface area contributed by atoms with Crippen molar-refractivity contribution in [3.63, 3.8) is 0 Å². The molecule has 4 rings (SSSR count). The van der Waals surface area contributed by atoms with E-state index < -0.39 is 0 Å². The highest BCUT2D eigenvalue weighted by molar-refractivity contribution is 6.41. The predicted molar refractivity (Wildman–Crippen MR) is 101 cm³/mol. The normalized spacial score (nSPS) is 11.4. The van der Waals surface area contributed by atoms with Gasteiger partial charge in [0.15, 0.2) is 10.3 Å². The van der Waals surface area contributed by atoms with Crippen molar-refractivity contribution in [1.29, 1.82) is 0 Å². The molecule has 0 spiro atoms. The molecule has 4 nitrogen and oxygen atoms in total. The van der Waals surface area contributed by atoms with Crippen LogP contribution in [0.25, 0.3) is 10.8 Å². The van der Waals surface area contributed by atoms with Crippen molar-refractivity contribution in [2.24, 2.45) is 0 Å². The molecular formula is C17H11Cl4N4+. The molecule has 25 heavy (non-hydrogen) atoms. The van der Waals surface area contributed by atoms with E-state index in [0.29, 0.717) is 16.9 Å². The van der Waals surface area contributed by atoms with Gasteiger partial charge in [0.1, 0.15) is 12.9 Å². The third-order valence-electron chi connectivity index (χ3n) is 3.92. The summed E-state index contributed by atoms with van der Waals surface area (Å²) in [7, 11) is 0. The molecule has 0 atom stereocenters. The van der Waals surface area contributed by atoms with Gasteiger partial charge in [0.25, 0.3) is 16.6 Å². The first kappa shape index (κ1) is 16.7. The molecule has 0 saturated carbocycles. The minimum atomic E-state index is 0.198. The first-order chi connectivity index (χ1) is 12.0. The third kappa shape index (κ3) is 3.00. The van der Waals surface area contributed by atoms with Gasteiger partial charge in [0.2, 0.25) is 0 Å². The highest BCUT2D eigenvalue weighted by Gasteiger charge is 2.24. The first-order valence-corrected chi connectivity index (χ1v) is 8.88. The molecule has 0 amide bonds. The van der Waals surface area contributed by atoms with Crippen LogP contribution in [-0.4, -0.2) is 14.3 Å². The summed E-state index contributed by atoms with van der Waals surface area (Å²) in [6.07, 6.45) is 3.23. The van der Waals surface area contributed by atoms with Crippen LogP contribution >= 0.6 is 46.4 Å². The van der Waals surface area contributed by atoms with Crippen LogP contribution in [0.1, 0.15) is 5.56 Å². The molecule has 0 unspecified atom stereocenters. The second kappa shape index (κ2) is 6.54. The van der Waals surface area contributed by atoms with Gasteiger partial charge in [-0.05, 0) is 45.6 Å². The second-order valence-corrected chi connectivity index (χ2v) is 6.95. The number of halogens is 4. The maximum absolute atomic E-state index is 6.39. The van der Waals surface area contributed by atoms with Gasteiger partial charge in [0, 0.05) is 0 Å². The number of fused-ring (bicyclic) bond motifs is 1. The summed E-state index contributed by atoms with van der Waals surface area (Å²) in [4.78, 5) is 3.96. The van der Waals surface area contributed by atoms with Crippen LogP contribution in [0.2, 0.25) is 20.6 Å². The Balaban J connectivity index is 1.73. The summed E-state index contributed by atoms with van der Waals surface area (Å²) in [5.41, 5.74) is 1.11. The molecule has 2 heterocycles. The standard InChI is InChI=1S/C17H11Cl4N4/c18-14-15(19)24(9-22-14)25-10-23(16(20)17(25)21)8-11-5-6-12-3-1-2-4-13(12)7-11/h1-7,9-10H,8H2/q+1. The SMILES string of the molecule is Clc1ncn(-n2c[n+](Cc3ccc4ccccc4c3)c(Cl)c2Cl)c1Cl. The van der Waals surface area contributed by atoms with Gasteiger partial charge in [-0.15, -0.1) is 4.68 Å². The van der Waals surface area contributed by atoms with Crippen molar-refractivity contribution in [3.8, 4) is 0 Å². The van der Waals surface area contributed by atoms with Crippen molar-refractivity contribution in [1.82, 2.24) is 14.3 Å². The van der Waals surface area contributed by atoms with E-state index in [4.69, 9.17) is 46.4 Å².